The molecule has 0 amide bonds. The third-order valence-electron chi connectivity index (χ3n) is 3.05. The predicted octanol–water partition coefficient (Wildman–Crippen LogP) is 2.89. The zero-order valence-corrected chi connectivity index (χ0v) is 11.6. The highest BCUT2D eigenvalue weighted by molar-refractivity contribution is 6.30. The highest BCUT2D eigenvalue weighted by Crippen LogP contribution is 2.18. The lowest BCUT2D eigenvalue weighted by Crippen LogP contribution is -2.14. The molecule has 0 aliphatic rings. The lowest BCUT2D eigenvalue weighted by molar-refractivity contribution is 0.191. The average Bonchev–Trinajstić information content (AvgIpc) is 2.41. The highest BCUT2D eigenvalue weighted by Gasteiger charge is 2.09. The molecule has 1 heterocycles. The number of halogens is 1. The van der Waals surface area contributed by atoms with Crippen LogP contribution in [0.5, 0.6) is 0 Å². The highest BCUT2D eigenvalue weighted by atomic mass is 35.5. The molecular formula is C14H16ClN3O. The first-order valence-corrected chi connectivity index (χ1v) is 6.41. The number of rotatable bonds is 4. The first kappa shape index (κ1) is 13.8. The second kappa shape index (κ2) is 5.99. The lowest BCUT2D eigenvalue weighted by atomic mass is 10.1. The molecule has 0 unspecified atom stereocenters. The number of aliphatic hydroxyl groups is 1. The number of aliphatic hydroxyl groups excluding tert-OH is 1. The number of aromatic nitrogens is 2. The predicted molar refractivity (Wildman–Crippen MR) is 76.4 cm³/mol. The molecule has 0 fully saturated rings. The molecule has 0 spiro atoms. The molecule has 100 valence electrons. The van der Waals surface area contributed by atoms with Gasteiger partial charge in [0.15, 0.2) is 0 Å². The van der Waals surface area contributed by atoms with Crippen LogP contribution >= 0.6 is 11.6 Å². The van der Waals surface area contributed by atoms with Gasteiger partial charge in [-0.25, -0.2) is 9.97 Å². The Balaban J connectivity index is 2.02. The Kier molecular flexibility index (Phi) is 4.35. The third kappa shape index (κ3) is 3.43. The number of nitrogens with one attached hydrogen (secondary N) is 1. The van der Waals surface area contributed by atoms with Crippen molar-refractivity contribution in [1.29, 1.82) is 0 Å². The standard InChI is InChI=1S/C14H16ClN3O/c1-9-10(2)17-8-18-14(9)16-7-13(19)11-3-5-12(15)6-4-11/h3-6,8,13,19H,7H2,1-2H3,(H,16,17,18)/t13-/m1/s1. The molecule has 5 heteroatoms. The van der Waals surface area contributed by atoms with Crippen molar-refractivity contribution in [3.63, 3.8) is 0 Å². The minimum Gasteiger partial charge on any atom is -0.387 e. The van der Waals surface area contributed by atoms with E-state index in [4.69, 9.17) is 11.6 Å². The normalized spacial score (nSPS) is 12.2. The van der Waals surface area contributed by atoms with E-state index in [0.29, 0.717) is 11.6 Å². The van der Waals surface area contributed by atoms with E-state index in [2.05, 4.69) is 15.3 Å². The maximum Gasteiger partial charge on any atom is 0.132 e. The van der Waals surface area contributed by atoms with Gasteiger partial charge in [0.05, 0.1) is 6.10 Å². The first-order valence-electron chi connectivity index (χ1n) is 6.03. The van der Waals surface area contributed by atoms with Crippen molar-refractivity contribution in [3.8, 4) is 0 Å². The molecule has 1 atom stereocenters. The van der Waals surface area contributed by atoms with Crippen molar-refractivity contribution in [3.05, 3.63) is 52.4 Å². The summed E-state index contributed by atoms with van der Waals surface area (Å²) in [5, 5.41) is 13.9. The van der Waals surface area contributed by atoms with E-state index in [1.807, 2.05) is 26.0 Å². The number of hydrogen-bond acceptors (Lipinski definition) is 4. The summed E-state index contributed by atoms with van der Waals surface area (Å²) >= 11 is 5.81. The topological polar surface area (TPSA) is 58.0 Å². The smallest absolute Gasteiger partial charge is 0.132 e. The van der Waals surface area contributed by atoms with Crippen LogP contribution in [0.1, 0.15) is 22.9 Å². The molecule has 0 radical (unpaired) electrons. The van der Waals surface area contributed by atoms with Crippen molar-refractivity contribution in [2.75, 3.05) is 11.9 Å². The minimum atomic E-state index is -0.605. The van der Waals surface area contributed by atoms with Crippen molar-refractivity contribution in [1.82, 2.24) is 9.97 Å². The largest absolute Gasteiger partial charge is 0.387 e. The molecule has 0 saturated carbocycles. The molecule has 2 rings (SSSR count). The molecule has 1 aromatic heterocycles. The van der Waals surface area contributed by atoms with Gasteiger partial charge in [0.25, 0.3) is 0 Å². The van der Waals surface area contributed by atoms with Gasteiger partial charge < -0.3 is 10.4 Å². The van der Waals surface area contributed by atoms with Crippen molar-refractivity contribution >= 4 is 17.4 Å². The first-order chi connectivity index (χ1) is 9.08. The van der Waals surface area contributed by atoms with Crippen LogP contribution in [0.3, 0.4) is 0 Å². The van der Waals surface area contributed by atoms with Gasteiger partial charge in [-0.05, 0) is 31.5 Å². The monoisotopic (exact) mass is 277 g/mol. The van der Waals surface area contributed by atoms with Gasteiger partial charge in [-0.2, -0.15) is 0 Å². The van der Waals surface area contributed by atoms with Gasteiger partial charge >= 0.3 is 0 Å². The molecule has 0 saturated heterocycles. The summed E-state index contributed by atoms with van der Waals surface area (Å²) in [6.45, 7) is 4.27. The van der Waals surface area contributed by atoms with Crippen LogP contribution in [0.4, 0.5) is 5.82 Å². The summed E-state index contributed by atoms with van der Waals surface area (Å²) in [7, 11) is 0. The maximum absolute atomic E-state index is 10.1. The van der Waals surface area contributed by atoms with Crippen LogP contribution in [-0.4, -0.2) is 21.6 Å². The van der Waals surface area contributed by atoms with Gasteiger partial charge in [-0.15, -0.1) is 0 Å². The molecule has 0 aliphatic carbocycles. The summed E-state index contributed by atoms with van der Waals surface area (Å²) in [6.07, 6.45) is 0.909. The Morgan fingerprint density at radius 2 is 1.89 bits per heavy atom. The summed E-state index contributed by atoms with van der Waals surface area (Å²) in [5.74, 6) is 0.750. The van der Waals surface area contributed by atoms with Gasteiger partial charge in [-0.1, -0.05) is 23.7 Å². The van der Waals surface area contributed by atoms with Gasteiger partial charge in [-0.3, -0.25) is 0 Å². The minimum absolute atomic E-state index is 0.388. The third-order valence-corrected chi connectivity index (χ3v) is 3.31. The van der Waals surface area contributed by atoms with Gasteiger partial charge in [0.1, 0.15) is 12.1 Å². The van der Waals surface area contributed by atoms with Crippen molar-refractivity contribution in [2.45, 2.75) is 20.0 Å². The molecular weight excluding hydrogens is 262 g/mol. The summed E-state index contributed by atoms with van der Waals surface area (Å²) in [5.41, 5.74) is 2.74. The summed E-state index contributed by atoms with van der Waals surface area (Å²) in [4.78, 5) is 8.27. The van der Waals surface area contributed by atoms with Crippen LogP contribution in [-0.2, 0) is 0 Å². The molecule has 4 nitrogen and oxygen atoms in total. The zero-order chi connectivity index (χ0) is 13.8. The average molecular weight is 278 g/mol. The van der Waals surface area contributed by atoms with E-state index >= 15 is 0 Å². The Labute approximate surface area is 117 Å². The Morgan fingerprint density at radius 1 is 1.21 bits per heavy atom. The quantitative estimate of drug-likeness (QED) is 0.902. The van der Waals surface area contributed by atoms with E-state index in [1.54, 1.807) is 12.1 Å². The fraction of sp³-hybridized carbons (Fsp3) is 0.286. The Hall–Kier alpha value is -1.65. The number of nitrogens with zero attached hydrogens (tertiary/aromatic N) is 2. The van der Waals surface area contributed by atoms with Crippen LogP contribution in [0.15, 0.2) is 30.6 Å². The molecule has 0 bridgehead atoms. The number of anilines is 1. The lowest BCUT2D eigenvalue weighted by Gasteiger charge is -2.14. The van der Waals surface area contributed by atoms with Crippen LogP contribution in [0.25, 0.3) is 0 Å². The van der Waals surface area contributed by atoms with Gasteiger partial charge in [0, 0.05) is 22.8 Å². The molecule has 2 N–H and O–H groups in total. The van der Waals surface area contributed by atoms with E-state index in [1.165, 1.54) is 6.33 Å². The van der Waals surface area contributed by atoms with Crippen LogP contribution < -0.4 is 5.32 Å². The molecule has 1 aromatic carbocycles. The molecule has 0 aliphatic heterocycles. The SMILES string of the molecule is Cc1ncnc(NC[C@@H](O)c2ccc(Cl)cc2)c1C. The molecule has 19 heavy (non-hydrogen) atoms. The zero-order valence-electron chi connectivity index (χ0n) is 10.9. The number of hydrogen-bond donors (Lipinski definition) is 2. The molecule has 2 aromatic rings. The number of benzene rings is 1. The van der Waals surface area contributed by atoms with Crippen molar-refractivity contribution < 1.29 is 5.11 Å². The summed E-state index contributed by atoms with van der Waals surface area (Å²) < 4.78 is 0. The maximum atomic E-state index is 10.1. The van der Waals surface area contributed by atoms with Crippen LogP contribution in [0.2, 0.25) is 5.02 Å². The Morgan fingerprint density at radius 3 is 2.58 bits per heavy atom. The Bertz CT molecular complexity index is 557. The second-order valence-electron chi connectivity index (χ2n) is 4.38. The number of aryl methyl sites for hydroxylation is 1. The fourth-order valence-corrected chi connectivity index (χ4v) is 1.84. The fourth-order valence-electron chi connectivity index (χ4n) is 1.71. The van der Waals surface area contributed by atoms with E-state index in [-0.39, 0.29) is 0 Å². The van der Waals surface area contributed by atoms with E-state index in [0.717, 1.165) is 22.6 Å². The van der Waals surface area contributed by atoms with E-state index < -0.39 is 6.10 Å². The van der Waals surface area contributed by atoms with Crippen molar-refractivity contribution in [2.24, 2.45) is 0 Å². The van der Waals surface area contributed by atoms with Crippen LogP contribution in [0, 0.1) is 13.8 Å². The van der Waals surface area contributed by atoms with Gasteiger partial charge in [0.2, 0.25) is 0 Å². The summed E-state index contributed by atoms with van der Waals surface area (Å²) in [6, 6.07) is 7.15. The van der Waals surface area contributed by atoms with E-state index in [9.17, 15) is 5.11 Å². The second-order valence-corrected chi connectivity index (χ2v) is 4.82.